The molecule has 3 heterocycles. The molecule has 0 bridgehead atoms. The molecule has 0 fully saturated rings. The number of nitrogens with two attached hydrogens (primary N) is 1. The van der Waals surface area contributed by atoms with Gasteiger partial charge in [0.25, 0.3) is 11.8 Å². The van der Waals surface area contributed by atoms with Gasteiger partial charge in [-0.3, -0.25) is 14.6 Å². The predicted octanol–water partition coefficient (Wildman–Crippen LogP) is 4.05. The number of carbonyl (C=O) groups is 2. The molecule has 40 heavy (non-hydrogen) atoms. The topological polar surface area (TPSA) is 130 Å². The van der Waals surface area contributed by atoms with Gasteiger partial charge in [0.05, 0.1) is 35.4 Å². The normalized spacial score (nSPS) is 13.8. The van der Waals surface area contributed by atoms with Crippen molar-refractivity contribution < 1.29 is 19.1 Å². The number of halogens is 1. The first-order chi connectivity index (χ1) is 19.0. The van der Waals surface area contributed by atoms with Gasteiger partial charge in [0, 0.05) is 31.5 Å². The van der Waals surface area contributed by atoms with Crippen molar-refractivity contribution in [2.24, 2.45) is 5.73 Å². The highest BCUT2D eigenvalue weighted by Gasteiger charge is 2.35. The maximum absolute atomic E-state index is 15.4. The number of anilines is 3. The van der Waals surface area contributed by atoms with Crippen LogP contribution in [0.4, 0.5) is 21.6 Å². The van der Waals surface area contributed by atoms with Crippen LogP contribution in [0.15, 0.2) is 61.1 Å². The first kappa shape index (κ1) is 27.0. The van der Waals surface area contributed by atoms with Crippen LogP contribution in [-0.2, 0) is 18.6 Å². The average molecular weight is 544 g/mol. The van der Waals surface area contributed by atoms with Crippen LogP contribution in [-0.4, -0.2) is 43.7 Å². The number of rotatable bonds is 6. The number of hydrogen-bond acceptors (Lipinski definition) is 7. The van der Waals surface area contributed by atoms with E-state index in [0.29, 0.717) is 28.2 Å². The molecule has 206 valence electrons. The zero-order valence-electron chi connectivity index (χ0n) is 22.6. The van der Waals surface area contributed by atoms with Crippen LogP contribution >= 0.6 is 0 Å². The fourth-order valence-corrected chi connectivity index (χ4v) is 4.81. The Bertz CT molecular complexity index is 1610. The minimum absolute atomic E-state index is 0.00143. The lowest BCUT2D eigenvalue weighted by molar-refractivity contribution is 0.0879. The second-order valence-corrected chi connectivity index (χ2v) is 10.7. The summed E-state index contributed by atoms with van der Waals surface area (Å²) >= 11 is 0. The molecule has 4 aromatic rings. The largest absolute Gasteiger partial charge is 0.392 e. The zero-order valence-corrected chi connectivity index (χ0v) is 22.6. The van der Waals surface area contributed by atoms with Gasteiger partial charge in [0.1, 0.15) is 11.4 Å². The lowest BCUT2D eigenvalue weighted by atomic mass is 9.84. The fourth-order valence-electron chi connectivity index (χ4n) is 4.81. The number of primary amides is 1. The number of amides is 2. The molecule has 1 aliphatic rings. The van der Waals surface area contributed by atoms with Crippen molar-refractivity contribution in [3.8, 4) is 5.69 Å². The molecule has 0 aliphatic carbocycles. The van der Waals surface area contributed by atoms with E-state index in [1.54, 1.807) is 54.8 Å². The van der Waals surface area contributed by atoms with Gasteiger partial charge in [-0.2, -0.15) is 0 Å². The summed E-state index contributed by atoms with van der Waals surface area (Å²) in [6, 6.07) is 11.8. The van der Waals surface area contributed by atoms with Gasteiger partial charge in [-0.1, -0.05) is 32.9 Å². The first-order valence-electron chi connectivity index (χ1n) is 12.7. The number of hydrazine groups is 1. The Hall–Kier alpha value is -4.61. The van der Waals surface area contributed by atoms with E-state index in [1.165, 1.54) is 22.0 Å². The number of aliphatic hydroxyl groups is 1. The number of hydrogen-bond donors (Lipinski definition) is 3. The molecule has 0 unspecified atom stereocenters. The highest BCUT2D eigenvalue weighted by Crippen LogP contribution is 2.36. The number of fused-ring (bicyclic) bond motifs is 1. The Kier molecular flexibility index (Phi) is 6.86. The van der Waals surface area contributed by atoms with Crippen molar-refractivity contribution in [3.05, 3.63) is 94.7 Å². The summed E-state index contributed by atoms with van der Waals surface area (Å²) in [5.74, 6) is -1.64. The predicted molar refractivity (Wildman–Crippen MR) is 149 cm³/mol. The van der Waals surface area contributed by atoms with Gasteiger partial charge in [-0.05, 0) is 46.9 Å². The summed E-state index contributed by atoms with van der Waals surface area (Å²) < 4.78 is 16.8. The van der Waals surface area contributed by atoms with E-state index >= 15 is 4.39 Å². The smallest absolute Gasteiger partial charge is 0.276 e. The SMILES string of the molecule is CN1Cc2cc(C(C)(C)C)cc(F)c2C(=O)N1c1cccc(-n2cc(C(N)=O)c(Nc3cccnc3)n2)c1CO. The van der Waals surface area contributed by atoms with Gasteiger partial charge in [0.15, 0.2) is 5.82 Å². The van der Waals surface area contributed by atoms with Crippen LogP contribution in [0.1, 0.15) is 58.2 Å². The molecule has 0 spiro atoms. The fraction of sp³-hybridized carbons (Fsp3) is 0.241. The Balaban J connectivity index is 1.58. The summed E-state index contributed by atoms with van der Waals surface area (Å²) in [6.07, 6.45) is 4.64. The number of pyridine rings is 1. The van der Waals surface area contributed by atoms with Crippen LogP contribution in [0.5, 0.6) is 0 Å². The highest BCUT2D eigenvalue weighted by molar-refractivity contribution is 6.08. The summed E-state index contributed by atoms with van der Waals surface area (Å²) in [5.41, 5.74) is 8.57. The first-order valence-corrected chi connectivity index (χ1v) is 12.7. The Morgan fingerprint density at radius 2 is 1.93 bits per heavy atom. The third-order valence-corrected chi connectivity index (χ3v) is 6.85. The van der Waals surface area contributed by atoms with Crippen LogP contribution in [0.25, 0.3) is 5.69 Å². The molecule has 0 saturated carbocycles. The standard InChI is InChI=1S/C29H30FN7O3/c1-29(2,3)18-11-17-14-35(4)37(28(40)25(17)22(30)12-18)24-9-5-8-23(21(24)16-38)36-15-20(26(31)39)27(34-36)33-19-7-6-10-32-13-19/h5-13,15,38H,14,16H2,1-4H3,(H2,31,39)(H,33,34). The number of benzene rings is 2. The second kappa shape index (κ2) is 10.2. The molecular weight excluding hydrogens is 513 g/mol. The molecule has 5 rings (SSSR count). The quantitative estimate of drug-likeness (QED) is 0.335. The third kappa shape index (κ3) is 4.80. The number of nitrogens with one attached hydrogen (secondary N) is 1. The Labute approximate surface area is 230 Å². The van der Waals surface area contributed by atoms with E-state index in [2.05, 4.69) is 15.4 Å². The van der Waals surface area contributed by atoms with Crippen LogP contribution < -0.4 is 16.1 Å². The van der Waals surface area contributed by atoms with E-state index < -0.39 is 24.2 Å². The van der Waals surface area contributed by atoms with Crippen LogP contribution in [0.3, 0.4) is 0 Å². The van der Waals surface area contributed by atoms with Gasteiger partial charge in [-0.15, -0.1) is 5.10 Å². The minimum atomic E-state index is -0.702. The van der Waals surface area contributed by atoms with Crippen molar-refractivity contribution >= 4 is 29.0 Å². The number of aliphatic hydroxyl groups excluding tert-OH is 1. The van der Waals surface area contributed by atoms with Crippen LogP contribution in [0.2, 0.25) is 0 Å². The van der Waals surface area contributed by atoms with E-state index in [0.717, 1.165) is 5.56 Å². The molecule has 2 aromatic carbocycles. The maximum atomic E-state index is 15.4. The minimum Gasteiger partial charge on any atom is -0.392 e. The lowest BCUT2D eigenvalue weighted by Crippen LogP contribution is -2.49. The van der Waals surface area contributed by atoms with Crippen LogP contribution in [0, 0.1) is 5.82 Å². The van der Waals surface area contributed by atoms with Gasteiger partial charge < -0.3 is 16.2 Å². The van der Waals surface area contributed by atoms with Gasteiger partial charge in [-0.25, -0.2) is 19.1 Å². The number of nitrogens with zero attached hydrogens (tertiary/aromatic N) is 5. The summed E-state index contributed by atoms with van der Waals surface area (Å²) in [6.45, 7) is 5.79. The van der Waals surface area contributed by atoms with E-state index in [-0.39, 0.29) is 28.9 Å². The van der Waals surface area contributed by atoms with E-state index in [9.17, 15) is 14.7 Å². The van der Waals surface area contributed by atoms with E-state index in [4.69, 9.17) is 5.73 Å². The zero-order chi connectivity index (χ0) is 28.8. The molecule has 0 radical (unpaired) electrons. The third-order valence-electron chi connectivity index (χ3n) is 6.85. The van der Waals surface area contributed by atoms with E-state index in [1.807, 2.05) is 26.8 Å². The monoisotopic (exact) mass is 543 g/mol. The molecular formula is C29H30FN7O3. The summed E-state index contributed by atoms with van der Waals surface area (Å²) in [5, 5.41) is 21.0. The molecule has 0 atom stereocenters. The second-order valence-electron chi connectivity index (χ2n) is 10.7. The average Bonchev–Trinajstić information content (AvgIpc) is 3.32. The van der Waals surface area contributed by atoms with Gasteiger partial charge >= 0.3 is 0 Å². The van der Waals surface area contributed by atoms with Crippen molar-refractivity contribution in [2.75, 3.05) is 17.4 Å². The van der Waals surface area contributed by atoms with Gasteiger partial charge in [0.2, 0.25) is 0 Å². The number of carbonyl (C=O) groups excluding carboxylic acids is 2. The number of aromatic nitrogens is 3. The van der Waals surface area contributed by atoms with Crippen molar-refractivity contribution in [2.45, 2.75) is 39.3 Å². The lowest BCUT2D eigenvalue weighted by Gasteiger charge is -2.38. The van der Waals surface area contributed by atoms with Crippen molar-refractivity contribution in [1.29, 1.82) is 0 Å². The van der Waals surface area contributed by atoms with Crippen molar-refractivity contribution in [3.63, 3.8) is 0 Å². The Morgan fingerprint density at radius 3 is 2.58 bits per heavy atom. The molecule has 2 aromatic heterocycles. The molecule has 10 nitrogen and oxygen atoms in total. The molecule has 4 N–H and O–H groups in total. The summed E-state index contributed by atoms with van der Waals surface area (Å²) in [7, 11) is 1.73. The molecule has 11 heteroatoms. The molecule has 1 aliphatic heterocycles. The Morgan fingerprint density at radius 1 is 1.18 bits per heavy atom. The maximum Gasteiger partial charge on any atom is 0.276 e. The van der Waals surface area contributed by atoms with Crippen molar-refractivity contribution in [1.82, 2.24) is 19.8 Å². The molecule has 0 saturated heterocycles. The highest BCUT2D eigenvalue weighted by atomic mass is 19.1. The molecule has 2 amide bonds. The summed E-state index contributed by atoms with van der Waals surface area (Å²) in [4.78, 5) is 30.0.